The normalized spacial score (nSPS) is 19.1. The van der Waals surface area contributed by atoms with Crippen molar-refractivity contribution in [2.75, 3.05) is 50.1 Å². The van der Waals surface area contributed by atoms with Crippen LogP contribution in [0.4, 0.5) is 5.82 Å². The Bertz CT molecular complexity index is 691. The molecule has 1 aromatic rings. The molecule has 8 heteroatoms. The summed E-state index contributed by atoms with van der Waals surface area (Å²) in [5.74, 6) is 0.909. The molecule has 1 fully saturated rings. The van der Waals surface area contributed by atoms with E-state index in [0.29, 0.717) is 30.9 Å². The van der Waals surface area contributed by atoms with E-state index >= 15 is 0 Å². The molecule has 0 aromatic carbocycles. The Hall–Kier alpha value is -1.67. The van der Waals surface area contributed by atoms with Crippen LogP contribution in [0.2, 0.25) is 0 Å². The molecule has 7 nitrogen and oxygen atoms in total. The van der Waals surface area contributed by atoms with Gasteiger partial charge >= 0.3 is 0 Å². The molecule has 1 N–H and O–H groups in total. The van der Waals surface area contributed by atoms with Crippen LogP contribution >= 0.6 is 0 Å². The number of hydrogen-bond donors (Lipinski definition) is 1. The first-order valence-electron chi connectivity index (χ1n) is 8.68. The van der Waals surface area contributed by atoms with Crippen molar-refractivity contribution in [1.29, 1.82) is 0 Å². The highest BCUT2D eigenvalue weighted by Crippen LogP contribution is 2.23. The third-order valence-corrected chi connectivity index (χ3v) is 6.11. The summed E-state index contributed by atoms with van der Waals surface area (Å²) in [7, 11) is 1.04. The molecule has 140 valence electrons. The topological polar surface area (TPSA) is 82.6 Å². The molecule has 1 aromatic heterocycles. The molecular weight excluding hydrogens is 340 g/mol. The Balaban J connectivity index is 2.02. The molecule has 0 saturated carbocycles. The molecule has 2 rings (SSSR count). The first-order valence-corrected chi connectivity index (χ1v) is 10.5. The second-order valence-electron chi connectivity index (χ2n) is 6.66. The highest BCUT2D eigenvalue weighted by molar-refractivity contribution is 7.91. The summed E-state index contributed by atoms with van der Waals surface area (Å²) >= 11 is 0. The molecule has 0 aliphatic carbocycles. The number of hydrogen-bond acceptors (Lipinski definition) is 6. The first-order chi connectivity index (χ1) is 11.8. The maximum absolute atomic E-state index is 12.3. The summed E-state index contributed by atoms with van der Waals surface area (Å²) in [4.78, 5) is 20.7. The smallest absolute Gasteiger partial charge is 0.251 e. The standard InChI is InChI=1S/C17H28N4O3S/c1-4-21(15-7-11-25(23,24)13-15)16-12-14(6-9-18-16)17(22)19-8-5-10-20(2)3/h6,9,12,15H,4-5,7-8,10-11,13H2,1-3H3,(H,19,22). The van der Waals surface area contributed by atoms with Crippen LogP contribution in [0, 0.1) is 0 Å². The van der Waals surface area contributed by atoms with Crippen LogP contribution in [0.1, 0.15) is 30.1 Å². The van der Waals surface area contributed by atoms with E-state index in [0.717, 1.165) is 13.0 Å². The number of nitrogens with one attached hydrogen (secondary N) is 1. The van der Waals surface area contributed by atoms with Gasteiger partial charge in [0, 0.05) is 30.9 Å². The average Bonchev–Trinajstić information content (AvgIpc) is 2.92. The molecule has 1 saturated heterocycles. The van der Waals surface area contributed by atoms with Gasteiger partial charge in [-0.1, -0.05) is 0 Å². The molecule has 1 atom stereocenters. The van der Waals surface area contributed by atoms with E-state index in [2.05, 4.69) is 15.2 Å². The van der Waals surface area contributed by atoms with Crippen molar-refractivity contribution in [2.24, 2.45) is 0 Å². The van der Waals surface area contributed by atoms with E-state index in [1.54, 1.807) is 18.3 Å². The molecular formula is C17H28N4O3S. The molecule has 25 heavy (non-hydrogen) atoms. The van der Waals surface area contributed by atoms with Gasteiger partial charge in [0.1, 0.15) is 5.82 Å². The number of sulfone groups is 1. The third-order valence-electron chi connectivity index (χ3n) is 4.36. The van der Waals surface area contributed by atoms with Crippen molar-refractivity contribution < 1.29 is 13.2 Å². The third kappa shape index (κ3) is 5.67. The Labute approximate surface area is 150 Å². The van der Waals surface area contributed by atoms with E-state index < -0.39 is 9.84 Å². The lowest BCUT2D eigenvalue weighted by Crippen LogP contribution is -2.37. The highest BCUT2D eigenvalue weighted by Gasteiger charge is 2.32. The number of anilines is 1. The van der Waals surface area contributed by atoms with E-state index in [1.807, 2.05) is 25.9 Å². The zero-order valence-electron chi connectivity index (χ0n) is 15.2. The summed E-state index contributed by atoms with van der Waals surface area (Å²) in [6.07, 6.45) is 3.10. The number of nitrogens with zero attached hydrogens (tertiary/aromatic N) is 3. The Morgan fingerprint density at radius 2 is 2.16 bits per heavy atom. The number of pyridine rings is 1. The SMILES string of the molecule is CCN(c1cc(C(=O)NCCCN(C)C)ccn1)C1CCS(=O)(=O)C1. The van der Waals surface area contributed by atoms with Gasteiger partial charge in [-0.25, -0.2) is 13.4 Å². The Morgan fingerprint density at radius 3 is 2.76 bits per heavy atom. The number of amides is 1. The van der Waals surface area contributed by atoms with Crippen molar-refractivity contribution in [3.05, 3.63) is 23.9 Å². The van der Waals surface area contributed by atoms with Crippen LogP contribution in [0.15, 0.2) is 18.3 Å². The van der Waals surface area contributed by atoms with Gasteiger partial charge in [0.05, 0.1) is 11.5 Å². The number of aromatic nitrogens is 1. The second kappa shape index (κ2) is 8.62. The largest absolute Gasteiger partial charge is 0.353 e. The van der Waals surface area contributed by atoms with Gasteiger partial charge < -0.3 is 15.1 Å². The Morgan fingerprint density at radius 1 is 1.40 bits per heavy atom. The molecule has 0 spiro atoms. The maximum Gasteiger partial charge on any atom is 0.251 e. The van der Waals surface area contributed by atoms with Crippen molar-refractivity contribution in [3.8, 4) is 0 Å². The molecule has 0 radical (unpaired) electrons. The average molecular weight is 369 g/mol. The quantitative estimate of drug-likeness (QED) is 0.683. The zero-order valence-corrected chi connectivity index (χ0v) is 16.1. The fraction of sp³-hybridized carbons (Fsp3) is 0.647. The predicted molar refractivity (Wildman–Crippen MR) is 99.8 cm³/mol. The highest BCUT2D eigenvalue weighted by atomic mass is 32.2. The van der Waals surface area contributed by atoms with Crippen LogP contribution < -0.4 is 10.2 Å². The second-order valence-corrected chi connectivity index (χ2v) is 8.89. The number of carbonyl (C=O) groups is 1. The summed E-state index contributed by atoms with van der Waals surface area (Å²) in [6.45, 7) is 4.16. The lowest BCUT2D eigenvalue weighted by Gasteiger charge is -2.28. The van der Waals surface area contributed by atoms with Crippen LogP contribution in [-0.4, -0.2) is 75.5 Å². The van der Waals surface area contributed by atoms with Gasteiger partial charge in [-0.3, -0.25) is 4.79 Å². The van der Waals surface area contributed by atoms with Gasteiger partial charge in [-0.05, 0) is 52.5 Å². The van der Waals surface area contributed by atoms with Gasteiger partial charge in [0.15, 0.2) is 9.84 Å². The molecule has 1 unspecified atom stereocenters. The van der Waals surface area contributed by atoms with Crippen LogP contribution in [0.5, 0.6) is 0 Å². The Kier molecular flexibility index (Phi) is 6.78. The first kappa shape index (κ1) is 19.7. The summed E-state index contributed by atoms with van der Waals surface area (Å²) in [5, 5.41) is 2.91. The number of carbonyl (C=O) groups excluding carboxylic acids is 1. The minimum atomic E-state index is -2.96. The lowest BCUT2D eigenvalue weighted by atomic mass is 10.2. The van der Waals surface area contributed by atoms with Crippen molar-refractivity contribution in [3.63, 3.8) is 0 Å². The molecule has 0 bridgehead atoms. The fourth-order valence-electron chi connectivity index (χ4n) is 3.04. The minimum Gasteiger partial charge on any atom is -0.353 e. The van der Waals surface area contributed by atoms with Crippen molar-refractivity contribution in [1.82, 2.24) is 15.2 Å². The van der Waals surface area contributed by atoms with Crippen molar-refractivity contribution >= 4 is 21.6 Å². The summed E-state index contributed by atoms with van der Waals surface area (Å²) in [5.41, 5.74) is 0.550. The molecule has 1 amide bonds. The van der Waals surface area contributed by atoms with Crippen LogP contribution in [0.3, 0.4) is 0 Å². The van der Waals surface area contributed by atoms with E-state index in [4.69, 9.17) is 0 Å². The molecule has 1 aliphatic heterocycles. The molecule has 1 aliphatic rings. The molecule has 2 heterocycles. The van der Waals surface area contributed by atoms with Gasteiger partial charge in [0.25, 0.3) is 5.91 Å². The van der Waals surface area contributed by atoms with Crippen LogP contribution in [-0.2, 0) is 9.84 Å². The summed E-state index contributed by atoms with van der Waals surface area (Å²) < 4.78 is 23.5. The minimum absolute atomic E-state index is 0.0686. The fourth-order valence-corrected chi connectivity index (χ4v) is 4.78. The van der Waals surface area contributed by atoms with Crippen LogP contribution in [0.25, 0.3) is 0 Å². The van der Waals surface area contributed by atoms with E-state index in [1.165, 1.54) is 0 Å². The lowest BCUT2D eigenvalue weighted by molar-refractivity contribution is 0.0952. The van der Waals surface area contributed by atoms with Gasteiger partial charge in [-0.15, -0.1) is 0 Å². The number of rotatable bonds is 8. The van der Waals surface area contributed by atoms with E-state index in [-0.39, 0.29) is 23.5 Å². The zero-order chi connectivity index (χ0) is 18.4. The van der Waals surface area contributed by atoms with Crippen molar-refractivity contribution in [2.45, 2.75) is 25.8 Å². The van der Waals surface area contributed by atoms with E-state index in [9.17, 15) is 13.2 Å². The van der Waals surface area contributed by atoms with Gasteiger partial charge in [0.2, 0.25) is 0 Å². The van der Waals surface area contributed by atoms with Gasteiger partial charge in [-0.2, -0.15) is 0 Å². The maximum atomic E-state index is 12.3. The summed E-state index contributed by atoms with van der Waals surface area (Å²) in [6, 6.07) is 3.36. The predicted octanol–water partition coefficient (Wildman–Crippen LogP) is 0.777. The monoisotopic (exact) mass is 368 g/mol.